The van der Waals surface area contributed by atoms with Crippen molar-refractivity contribution in [1.29, 1.82) is 0 Å². The molecule has 152 valence electrons. The van der Waals surface area contributed by atoms with Crippen LogP contribution in [0.3, 0.4) is 0 Å². The van der Waals surface area contributed by atoms with Gasteiger partial charge in [-0.05, 0) is 67.5 Å². The highest BCUT2D eigenvalue weighted by Gasteiger charge is 2.24. The third-order valence-corrected chi connectivity index (χ3v) is 5.64. The van der Waals surface area contributed by atoms with Crippen LogP contribution < -0.4 is 4.74 Å². The maximum atomic E-state index is 12.9. The number of rotatable bonds is 6. The zero-order valence-electron chi connectivity index (χ0n) is 16.5. The number of fused-ring (bicyclic) bond motifs is 1. The molecule has 0 radical (unpaired) electrons. The summed E-state index contributed by atoms with van der Waals surface area (Å²) in [5.74, 6) is 1.05. The Balaban J connectivity index is 1.45. The van der Waals surface area contributed by atoms with E-state index in [9.17, 15) is 14.9 Å². The molecule has 1 aromatic heterocycles. The summed E-state index contributed by atoms with van der Waals surface area (Å²) in [4.78, 5) is 29.9. The molecule has 0 N–H and O–H groups in total. The Morgan fingerprint density at radius 3 is 2.79 bits per heavy atom. The number of nitro groups is 1. The highest BCUT2D eigenvalue weighted by molar-refractivity contribution is 6.13. The number of ketones is 1. The van der Waals surface area contributed by atoms with Crippen LogP contribution >= 0.6 is 0 Å². The molecule has 4 rings (SSSR count). The molecular weight excluding hydrogens is 372 g/mol. The van der Waals surface area contributed by atoms with Crippen molar-refractivity contribution in [2.24, 2.45) is 7.05 Å². The molecule has 1 saturated heterocycles. The third-order valence-electron chi connectivity index (χ3n) is 5.64. The quantitative estimate of drug-likeness (QED) is 0.424. The molecule has 1 aliphatic heterocycles. The van der Waals surface area contributed by atoms with E-state index in [1.54, 1.807) is 13.1 Å². The highest BCUT2D eigenvalue weighted by atomic mass is 16.6. The van der Waals surface area contributed by atoms with Crippen molar-refractivity contribution in [3.63, 3.8) is 0 Å². The number of imidazole rings is 1. The van der Waals surface area contributed by atoms with Crippen LogP contribution in [0, 0.1) is 10.1 Å². The molecule has 0 spiro atoms. The van der Waals surface area contributed by atoms with Gasteiger partial charge < -0.3 is 14.9 Å². The van der Waals surface area contributed by atoms with E-state index in [-0.39, 0.29) is 11.6 Å². The maximum absolute atomic E-state index is 12.9. The summed E-state index contributed by atoms with van der Waals surface area (Å²) < 4.78 is 7.27. The molecule has 0 atom stereocenters. The SMILES string of the molecule is Cn1c([N+](=O)[O-])cnc1/C=C1/CCc2cc(OCCN3CCCC3)ccc2C1=O. The fourth-order valence-electron chi connectivity index (χ4n) is 3.95. The van der Waals surface area contributed by atoms with E-state index < -0.39 is 4.92 Å². The molecule has 1 fully saturated rings. The van der Waals surface area contributed by atoms with Gasteiger partial charge in [0.2, 0.25) is 5.82 Å². The van der Waals surface area contributed by atoms with Crippen LogP contribution in [0.25, 0.3) is 6.08 Å². The van der Waals surface area contributed by atoms with Gasteiger partial charge in [0.25, 0.3) is 0 Å². The number of hydrogen-bond donors (Lipinski definition) is 0. The Hall–Kier alpha value is -3.00. The summed E-state index contributed by atoms with van der Waals surface area (Å²) in [6.45, 7) is 3.88. The minimum absolute atomic E-state index is 0.0551. The topological polar surface area (TPSA) is 90.5 Å². The van der Waals surface area contributed by atoms with Crippen LogP contribution in [-0.4, -0.2) is 51.4 Å². The summed E-state index contributed by atoms with van der Waals surface area (Å²) in [7, 11) is 1.57. The fraction of sp³-hybridized carbons (Fsp3) is 0.429. The first kappa shape index (κ1) is 19.3. The monoisotopic (exact) mass is 396 g/mol. The van der Waals surface area contributed by atoms with Gasteiger partial charge in [-0.3, -0.25) is 9.69 Å². The lowest BCUT2D eigenvalue weighted by molar-refractivity contribution is -0.391. The Kier molecular flexibility index (Phi) is 5.44. The Morgan fingerprint density at radius 2 is 2.07 bits per heavy atom. The normalized spacial score (nSPS) is 18.2. The van der Waals surface area contributed by atoms with Crippen LogP contribution in [0.5, 0.6) is 5.75 Å². The molecule has 29 heavy (non-hydrogen) atoms. The fourth-order valence-corrected chi connectivity index (χ4v) is 3.95. The van der Waals surface area contributed by atoms with E-state index in [4.69, 9.17) is 4.74 Å². The number of hydrogen-bond acceptors (Lipinski definition) is 6. The predicted molar refractivity (Wildman–Crippen MR) is 108 cm³/mol. The number of aromatic nitrogens is 2. The van der Waals surface area contributed by atoms with Crippen molar-refractivity contribution in [2.75, 3.05) is 26.2 Å². The molecular formula is C21H24N4O4. The van der Waals surface area contributed by atoms with Gasteiger partial charge in [0.1, 0.15) is 18.6 Å². The average molecular weight is 396 g/mol. The van der Waals surface area contributed by atoms with Crippen LogP contribution in [0.15, 0.2) is 30.0 Å². The summed E-state index contributed by atoms with van der Waals surface area (Å²) in [6.07, 6.45) is 6.69. The van der Waals surface area contributed by atoms with Crippen LogP contribution in [0.1, 0.15) is 41.0 Å². The number of Topliss-reactive ketones (excluding diaryl/α,β-unsaturated/α-hetero) is 1. The number of aryl methyl sites for hydroxylation is 1. The minimum atomic E-state index is -0.488. The van der Waals surface area contributed by atoms with E-state index in [1.165, 1.54) is 23.6 Å². The molecule has 0 unspecified atom stereocenters. The van der Waals surface area contributed by atoms with Crippen molar-refractivity contribution in [3.8, 4) is 5.75 Å². The molecule has 0 saturated carbocycles. The average Bonchev–Trinajstić information content (AvgIpc) is 3.34. The number of ether oxygens (including phenoxy) is 1. The van der Waals surface area contributed by atoms with Crippen LogP contribution in [0.4, 0.5) is 5.82 Å². The van der Waals surface area contributed by atoms with E-state index in [0.717, 1.165) is 37.4 Å². The van der Waals surface area contributed by atoms with E-state index >= 15 is 0 Å². The summed E-state index contributed by atoms with van der Waals surface area (Å²) in [6, 6.07) is 5.62. The zero-order chi connectivity index (χ0) is 20.4. The first-order valence-corrected chi connectivity index (χ1v) is 9.92. The number of likely N-dealkylation sites (tertiary alicyclic amines) is 1. The van der Waals surface area contributed by atoms with Crippen molar-refractivity contribution in [1.82, 2.24) is 14.5 Å². The second-order valence-corrected chi connectivity index (χ2v) is 7.51. The van der Waals surface area contributed by atoms with Gasteiger partial charge in [0.15, 0.2) is 5.78 Å². The van der Waals surface area contributed by atoms with E-state index in [1.807, 2.05) is 18.2 Å². The lowest BCUT2D eigenvalue weighted by atomic mass is 9.86. The van der Waals surface area contributed by atoms with Crippen molar-refractivity contribution < 1.29 is 14.5 Å². The van der Waals surface area contributed by atoms with Crippen molar-refractivity contribution in [2.45, 2.75) is 25.7 Å². The second kappa shape index (κ2) is 8.16. The Morgan fingerprint density at radius 1 is 1.28 bits per heavy atom. The molecule has 0 bridgehead atoms. The molecule has 1 aliphatic carbocycles. The van der Waals surface area contributed by atoms with Gasteiger partial charge >= 0.3 is 5.82 Å². The third kappa shape index (κ3) is 4.07. The van der Waals surface area contributed by atoms with Gasteiger partial charge in [0.05, 0.1) is 7.05 Å². The van der Waals surface area contributed by atoms with Gasteiger partial charge in [-0.25, -0.2) is 9.55 Å². The molecule has 2 aromatic rings. The van der Waals surface area contributed by atoms with E-state index in [0.29, 0.717) is 30.0 Å². The molecule has 2 heterocycles. The number of carbonyl (C=O) groups is 1. The molecule has 8 nitrogen and oxygen atoms in total. The van der Waals surface area contributed by atoms with Crippen molar-refractivity contribution in [3.05, 3.63) is 57.0 Å². The molecule has 0 amide bonds. The largest absolute Gasteiger partial charge is 0.492 e. The zero-order valence-corrected chi connectivity index (χ0v) is 16.5. The van der Waals surface area contributed by atoms with Gasteiger partial charge in [0, 0.05) is 23.8 Å². The Labute approximate surface area is 168 Å². The standard InChI is InChI=1S/C21H24N4O4/c1-23-19(22-14-20(23)25(27)28)13-16-5-4-15-12-17(6-7-18(15)21(16)26)29-11-10-24-8-2-3-9-24/h6-7,12-14H,2-5,8-11H2,1H3/b16-13-. The molecule has 2 aliphatic rings. The van der Waals surface area contributed by atoms with Crippen LogP contribution in [0.2, 0.25) is 0 Å². The number of benzene rings is 1. The number of carbonyl (C=O) groups excluding carboxylic acids is 1. The summed E-state index contributed by atoms with van der Waals surface area (Å²) >= 11 is 0. The summed E-state index contributed by atoms with van der Waals surface area (Å²) in [5.41, 5.74) is 2.26. The lowest BCUT2D eigenvalue weighted by Gasteiger charge is -2.19. The first-order chi connectivity index (χ1) is 14.0. The minimum Gasteiger partial charge on any atom is -0.492 e. The first-order valence-electron chi connectivity index (χ1n) is 9.92. The van der Waals surface area contributed by atoms with Gasteiger partial charge in [-0.1, -0.05) is 0 Å². The number of allylic oxidation sites excluding steroid dienone is 1. The smallest absolute Gasteiger partial charge is 0.342 e. The second-order valence-electron chi connectivity index (χ2n) is 7.51. The van der Waals surface area contributed by atoms with Crippen molar-refractivity contribution >= 4 is 17.7 Å². The number of nitrogens with zero attached hydrogens (tertiary/aromatic N) is 4. The predicted octanol–water partition coefficient (Wildman–Crippen LogP) is 3.02. The molecule has 8 heteroatoms. The van der Waals surface area contributed by atoms with Gasteiger partial charge in [-0.15, -0.1) is 0 Å². The van der Waals surface area contributed by atoms with Crippen LogP contribution in [-0.2, 0) is 13.5 Å². The van der Waals surface area contributed by atoms with Gasteiger partial charge in [-0.2, -0.15) is 0 Å². The maximum Gasteiger partial charge on any atom is 0.342 e. The Bertz CT molecular complexity index is 973. The highest BCUT2D eigenvalue weighted by Crippen LogP contribution is 2.29. The summed E-state index contributed by atoms with van der Waals surface area (Å²) in [5, 5.41) is 11.0. The van der Waals surface area contributed by atoms with E-state index in [2.05, 4.69) is 9.88 Å². The molecule has 1 aromatic carbocycles. The lowest BCUT2D eigenvalue weighted by Crippen LogP contribution is -2.25.